The highest BCUT2D eigenvalue weighted by Crippen LogP contribution is 2.31. The molecule has 27 heavy (non-hydrogen) atoms. The van der Waals surface area contributed by atoms with Crippen molar-refractivity contribution >= 4 is 11.7 Å². The molecule has 1 aliphatic rings. The molecule has 138 valence electrons. The molecule has 8 nitrogen and oxygen atoms in total. The summed E-state index contributed by atoms with van der Waals surface area (Å²) in [5.74, 6) is 0.829. The zero-order valence-corrected chi connectivity index (χ0v) is 14.8. The van der Waals surface area contributed by atoms with Crippen molar-refractivity contribution in [1.82, 2.24) is 25.0 Å². The van der Waals surface area contributed by atoms with Gasteiger partial charge in [0, 0.05) is 24.5 Å². The first-order valence-electron chi connectivity index (χ1n) is 9.00. The van der Waals surface area contributed by atoms with Crippen LogP contribution in [0, 0.1) is 0 Å². The molecule has 0 unspecified atom stereocenters. The Bertz CT molecular complexity index is 927. The van der Waals surface area contributed by atoms with Gasteiger partial charge in [-0.3, -0.25) is 4.79 Å². The van der Waals surface area contributed by atoms with Crippen LogP contribution in [0.2, 0.25) is 0 Å². The van der Waals surface area contributed by atoms with Gasteiger partial charge in [0.25, 0.3) is 11.8 Å². The van der Waals surface area contributed by atoms with Gasteiger partial charge in [0.2, 0.25) is 0 Å². The van der Waals surface area contributed by atoms with Crippen molar-refractivity contribution in [3.8, 4) is 11.5 Å². The van der Waals surface area contributed by atoms with Crippen LogP contribution < -0.4 is 5.73 Å². The van der Waals surface area contributed by atoms with Gasteiger partial charge in [-0.1, -0.05) is 36.2 Å². The lowest BCUT2D eigenvalue weighted by molar-refractivity contribution is 0.0665. The Hall–Kier alpha value is -3.29. The highest BCUT2D eigenvalue weighted by atomic mass is 16.5. The lowest BCUT2D eigenvalue weighted by Gasteiger charge is -2.27. The Morgan fingerprint density at radius 1 is 1.11 bits per heavy atom. The van der Waals surface area contributed by atoms with Crippen LogP contribution in [0.1, 0.15) is 48.0 Å². The second-order valence-electron chi connectivity index (χ2n) is 6.48. The largest absolute Gasteiger partial charge is 0.382 e. The molecule has 8 heteroatoms. The summed E-state index contributed by atoms with van der Waals surface area (Å²) >= 11 is 0. The van der Waals surface area contributed by atoms with Crippen LogP contribution in [0.15, 0.2) is 47.2 Å². The van der Waals surface area contributed by atoms with E-state index in [1.807, 2.05) is 30.3 Å². The molecule has 1 amide bonds. The summed E-state index contributed by atoms with van der Waals surface area (Å²) in [5.41, 5.74) is 6.87. The smallest absolute Gasteiger partial charge is 0.276 e. The van der Waals surface area contributed by atoms with Gasteiger partial charge in [-0.05, 0) is 25.0 Å². The van der Waals surface area contributed by atoms with Crippen molar-refractivity contribution in [1.29, 1.82) is 0 Å². The van der Waals surface area contributed by atoms with Gasteiger partial charge in [0.05, 0.1) is 6.04 Å². The minimum absolute atomic E-state index is 0.128. The first-order chi connectivity index (χ1) is 13.2. The van der Waals surface area contributed by atoms with Gasteiger partial charge in [-0.15, -0.1) is 0 Å². The van der Waals surface area contributed by atoms with E-state index in [9.17, 15) is 4.79 Å². The molecular formula is C19H20N6O2. The fourth-order valence-electron chi connectivity index (χ4n) is 3.34. The second-order valence-corrected chi connectivity index (χ2v) is 6.48. The molecule has 2 aromatic heterocycles. The minimum atomic E-state index is -0.275. The van der Waals surface area contributed by atoms with Gasteiger partial charge in [0.1, 0.15) is 0 Å². The lowest BCUT2D eigenvalue weighted by Crippen LogP contribution is -2.36. The van der Waals surface area contributed by atoms with E-state index < -0.39 is 0 Å². The highest BCUT2D eigenvalue weighted by Gasteiger charge is 2.32. The van der Waals surface area contributed by atoms with Crippen LogP contribution in [-0.2, 0) is 0 Å². The maximum absolute atomic E-state index is 13.1. The number of hydrogen-bond donors (Lipinski definition) is 1. The van der Waals surface area contributed by atoms with Crippen LogP contribution in [0.25, 0.3) is 11.5 Å². The average Bonchev–Trinajstić information content (AvgIpc) is 3.06. The quantitative estimate of drug-likeness (QED) is 0.760. The monoisotopic (exact) mass is 364 g/mol. The van der Waals surface area contributed by atoms with Gasteiger partial charge in [-0.25, -0.2) is 9.97 Å². The summed E-state index contributed by atoms with van der Waals surface area (Å²) in [6.45, 7) is 0.592. The van der Waals surface area contributed by atoms with E-state index in [0.29, 0.717) is 18.3 Å². The van der Waals surface area contributed by atoms with Crippen molar-refractivity contribution < 1.29 is 9.32 Å². The van der Waals surface area contributed by atoms with E-state index in [1.54, 1.807) is 4.90 Å². The van der Waals surface area contributed by atoms with Crippen molar-refractivity contribution in [2.45, 2.75) is 31.7 Å². The van der Waals surface area contributed by atoms with Crippen LogP contribution in [0.3, 0.4) is 0 Å². The number of nitrogen functional groups attached to an aromatic ring is 1. The maximum atomic E-state index is 13.1. The number of anilines is 1. The molecule has 0 spiro atoms. The Labute approximate surface area is 156 Å². The van der Waals surface area contributed by atoms with E-state index in [2.05, 4.69) is 20.1 Å². The number of nitrogens with two attached hydrogens (primary N) is 1. The Balaban J connectivity index is 1.66. The molecule has 0 radical (unpaired) electrons. The highest BCUT2D eigenvalue weighted by molar-refractivity contribution is 5.96. The third-order valence-electron chi connectivity index (χ3n) is 4.70. The topological polar surface area (TPSA) is 111 Å². The standard InChI is InChI=1S/C19H20N6O2/c20-16-15(21-10-11-22-16)19(26)25-12-6-2-5-9-14(25)17-23-18(27-24-17)13-7-3-1-4-8-13/h1,3-4,7-8,10-11,14H,2,5-6,9,12H2,(H2,20,22)/t14-/m1/s1. The molecular weight excluding hydrogens is 344 g/mol. The summed E-state index contributed by atoms with van der Waals surface area (Å²) in [5, 5.41) is 4.16. The molecule has 1 saturated heterocycles. The molecule has 3 heterocycles. The average molecular weight is 364 g/mol. The van der Waals surface area contributed by atoms with Crippen LogP contribution in [0.5, 0.6) is 0 Å². The maximum Gasteiger partial charge on any atom is 0.276 e. The molecule has 0 saturated carbocycles. The fraction of sp³-hybridized carbons (Fsp3) is 0.316. The van der Waals surface area contributed by atoms with Crippen molar-refractivity contribution in [3.63, 3.8) is 0 Å². The van der Waals surface area contributed by atoms with Crippen LogP contribution in [-0.4, -0.2) is 37.5 Å². The first-order valence-corrected chi connectivity index (χ1v) is 9.00. The van der Waals surface area contributed by atoms with Crippen molar-refractivity contribution in [3.05, 3.63) is 54.2 Å². The van der Waals surface area contributed by atoms with E-state index in [4.69, 9.17) is 10.3 Å². The zero-order valence-electron chi connectivity index (χ0n) is 14.8. The fourth-order valence-corrected chi connectivity index (χ4v) is 3.34. The van der Waals surface area contributed by atoms with Gasteiger partial charge >= 0.3 is 0 Å². The van der Waals surface area contributed by atoms with Crippen molar-refractivity contribution in [2.75, 3.05) is 12.3 Å². The predicted octanol–water partition coefficient (Wildman–Crippen LogP) is 2.87. The molecule has 1 atom stereocenters. The number of hydrogen-bond acceptors (Lipinski definition) is 7. The summed E-state index contributed by atoms with van der Waals surface area (Å²) in [4.78, 5) is 27.5. The normalized spacial score (nSPS) is 17.5. The Morgan fingerprint density at radius 2 is 1.93 bits per heavy atom. The molecule has 4 rings (SSSR count). The lowest BCUT2D eigenvalue weighted by atomic mass is 10.1. The van der Waals surface area contributed by atoms with Crippen molar-refractivity contribution in [2.24, 2.45) is 0 Å². The number of benzene rings is 1. The minimum Gasteiger partial charge on any atom is -0.382 e. The number of carbonyl (C=O) groups is 1. The number of rotatable bonds is 3. The molecule has 1 aliphatic heterocycles. The number of aromatic nitrogens is 4. The third-order valence-corrected chi connectivity index (χ3v) is 4.70. The number of nitrogens with zero attached hydrogens (tertiary/aromatic N) is 5. The summed E-state index contributed by atoms with van der Waals surface area (Å²) in [6.07, 6.45) is 6.64. The molecule has 1 aromatic carbocycles. The summed E-state index contributed by atoms with van der Waals surface area (Å²) in [7, 11) is 0. The summed E-state index contributed by atoms with van der Waals surface area (Å²) in [6, 6.07) is 9.30. The SMILES string of the molecule is Nc1nccnc1C(=O)N1CCCCC[C@@H]1c1noc(-c2ccccc2)n1. The second kappa shape index (κ2) is 7.53. The first kappa shape index (κ1) is 17.1. The molecule has 0 aliphatic carbocycles. The Morgan fingerprint density at radius 3 is 2.74 bits per heavy atom. The molecule has 2 N–H and O–H groups in total. The third kappa shape index (κ3) is 3.51. The summed E-state index contributed by atoms with van der Waals surface area (Å²) < 4.78 is 5.45. The molecule has 0 bridgehead atoms. The van der Waals surface area contributed by atoms with E-state index in [0.717, 1.165) is 31.2 Å². The molecule has 1 fully saturated rings. The molecule has 3 aromatic rings. The van der Waals surface area contributed by atoms with Gasteiger partial charge < -0.3 is 15.2 Å². The Kier molecular flexibility index (Phi) is 4.78. The van der Waals surface area contributed by atoms with Gasteiger partial charge in [0.15, 0.2) is 17.3 Å². The van der Waals surface area contributed by atoms with Gasteiger partial charge in [-0.2, -0.15) is 4.98 Å². The number of carbonyl (C=O) groups excluding carboxylic acids is 1. The van der Waals surface area contributed by atoms with E-state index in [-0.39, 0.29) is 23.5 Å². The number of likely N-dealkylation sites (tertiary alicyclic amines) is 1. The van der Waals surface area contributed by atoms with E-state index >= 15 is 0 Å². The van der Waals surface area contributed by atoms with Crippen LogP contribution >= 0.6 is 0 Å². The van der Waals surface area contributed by atoms with Crippen LogP contribution in [0.4, 0.5) is 5.82 Å². The zero-order chi connectivity index (χ0) is 18.6. The van der Waals surface area contributed by atoms with E-state index in [1.165, 1.54) is 12.4 Å². The predicted molar refractivity (Wildman–Crippen MR) is 98.4 cm³/mol. The number of amides is 1.